The number of nitrogens with zero attached hydrogens (tertiary/aromatic N) is 1. The average molecular weight is 390 g/mol. The molecule has 0 atom stereocenters. The number of rotatable bonds is 6. The number of benzene rings is 1. The van der Waals surface area contributed by atoms with E-state index in [-0.39, 0.29) is 5.91 Å². The lowest BCUT2D eigenvalue weighted by Gasteiger charge is -2.22. The van der Waals surface area contributed by atoms with Crippen LogP contribution >= 0.6 is 27.3 Å². The van der Waals surface area contributed by atoms with Crippen LogP contribution in [0.2, 0.25) is 0 Å². The van der Waals surface area contributed by atoms with E-state index in [1.54, 1.807) is 23.9 Å². The smallest absolute Gasteiger partial charge is 0.254 e. The van der Waals surface area contributed by atoms with Gasteiger partial charge in [0.25, 0.3) is 5.91 Å². The number of hydrogen-bond acceptors (Lipinski definition) is 3. The molecule has 0 N–H and O–H groups in total. The number of furan rings is 1. The lowest BCUT2D eigenvalue weighted by molar-refractivity contribution is 0.0745. The summed E-state index contributed by atoms with van der Waals surface area (Å²) in [5, 5.41) is 2.06. The van der Waals surface area contributed by atoms with Crippen LogP contribution in [0.4, 0.5) is 0 Å². The molecule has 0 fully saturated rings. The Labute approximate surface area is 147 Å². The Balaban J connectivity index is 1.77. The highest BCUT2D eigenvalue weighted by Gasteiger charge is 2.17. The Bertz CT molecular complexity index is 753. The van der Waals surface area contributed by atoms with Gasteiger partial charge in [-0.05, 0) is 42.1 Å². The summed E-state index contributed by atoms with van der Waals surface area (Å²) in [4.78, 5) is 16.0. The first-order valence-corrected chi connectivity index (χ1v) is 8.98. The number of amides is 1. The molecule has 3 nitrogen and oxygen atoms in total. The first-order valence-electron chi connectivity index (χ1n) is 7.30. The van der Waals surface area contributed by atoms with Crippen LogP contribution < -0.4 is 0 Å². The topological polar surface area (TPSA) is 33.5 Å². The maximum Gasteiger partial charge on any atom is 0.254 e. The van der Waals surface area contributed by atoms with Crippen molar-refractivity contribution in [3.8, 4) is 0 Å². The van der Waals surface area contributed by atoms with E-state index in [0.717, 1.165) is 16.5 Å². The maximum absolute atomic E-state index is 12.9. The van der Waals surface area contributed by atoms with Gasteiger partial charge in [-0.1, -0.05) is 28.1 Å². The second-order valence-electron chi connectivity index (χ2n) is 5.20. The summed E-state index contributed by atoms with van der Waals surface area (Å²) in [5.74, 6) is 0.0315. The summed E-state index contributed by atoms with van der Waals surface area (Å²) in [7, 11) is 0. The van der Waals surface area contributed by atoms with Crippen molar-refractivity contribution in [1.82, 2.24) is 4.90 Å². The molecule has 118 valence electrons. The second kappa shape index (κ2) is 7.62. The lowest BCUT2D eigenvalue weighted by atomic mass is 10.1. The van der Waals surface area contributed by atoms with Gasteiger partial charge in [0, 0.05) is 33.6 Å². The van der Waals surface area contributed by atoms with Gasteiger partial charge in [-0.15, -0.1) is 11.3 Å². The van der Waals surface area contributed by atoms with E-state index in [0.29, 0.717) is 18.7 Å². The van der Waals surface area contributed by atoms with Gasteiger partial charge < -0.3 is 9.32 Å². The third kappa shape index (κ3) is 4.33. The quantitative estimate of drug-likeness (QED) is 0.594. The largest absolute Gasteiger partial charge is 0.472 e. The van der Waals surface area contributed by atoms with E-state index < -0.39 is 0 Å². The molecule has 2 aromatic heterocycles. The van der Waals surface area contributed by atoms with Crippen molar-refractivity contribution in [1.29, 1.82) is 0 Å². The predicted molar refractivity (Wildman–Crippen MR) is 95.6 cm³/mol. The van der Waals surface area contributed by atoms with Crippen LogP contribution in [-0.2, 0) is 13.0 Å². The van der Waals surface area contributed by atoms with Crippen molar-refractivity contribution in [3.63, 3.8) is 0 Å². The molecule has 0 bridgehead atoms. The van der Waals surface area contributed by atoms with E-state index in [1.165, 1.54) is 4.88 Å². The van der Waals surface area contributed by atoms with Crippen LogP contribution in [0.15, 0.2) is 69.3 Å². The molecule has 1 aromatic carbocycles. The molecule has 0 aliphatic heterocycles. The van der Waals surface area contributed by atoms with Gasteiger partial charge in [-0.25, -0.2) is 0 Å². The molecule has 0 spiro atoms. The zero-order valence-corrected chi connectivity index (χ0v) is 14.8. The second-order valence-corrected chi connectivity index (χ2v) is 7.15. The summed E-state index contributed by atoms with van der Waals surface area (Å²) in [5.41, 5.74) is 1.69. The van der Waals surface area contributed by atoms with Gasteiger partial charge >= 0.3 is 0 Å². The van der Waals surface area contributed by atoms with Crippen LogP contribution in [0.3, 0.4) is 0 Å². The third-order valence-electron chi connectivity index (χ3n) is 3.52. The van der Waals surface area contributed by atoms with E-state index in [4.69, 9.17) is 4.42 Å². The summed E-state index contributed by atoms with van der Waals surface area (Å²) in [6, 6.07) is 13.5. The van der Waals surface area contributed by atoms with Crippen molar-refractivity contribution >= 4 is 33.2 Å². The summed E-state index contributed by atoms with van der Waals surface area (Å²) >= 11 is 5.15. The van der Waals surface area contributed by atoms with Gasteiger partial charge in [-0.2, -0.15) is 0 Å². The van der Waals surface area contributed by atoms with Crippen LogP contribution in [0.5, 0.6) is 0 Å². The Kier molecular flexibility index (Phi) is 5.31. The van der Waals surface area contributed by atoms with Crippen molar-refractivity contribution in [2.75, 3.05) is 6.54 Å². The zero-order chi connectivity index (χ0) is 16.1. The first-order chi connectivity index (χ1) is 11.2. The number of thiophene rings is 1. The van der Waals surface area contributed by atoms with Crippen molar-refractivity contribution in [2.24, 2.45) is 0 Å². The highest BCUT2D eigenvalue weighted by atomic mass is 79.9. The predicted octanol–water partition coefficient (Wildman–Crippen LogP) is 4.99. The van der Waals surface area contributed by atoms with Crippen molar-refractivity contribution < 1.29 is 9.21 Å². The molecule has 0 radical (unpaired) electrons. The average Bonchev–Trinajstić information content (AvgIpc) is 3.24. The minimum Gasteiger partial charge on any atom is -0.472 e. The minimum absolute atomic E-state index is 0.0315. The fourth-order valence-electron chi connectivity index (χ4n) is 2.36. The standard InChI is InChI=1S/C18H16BrNO2S/c19-16-4-1-3-15(11-16)18(21)20(12-14-7-9-22-13-14)8-6-17-5-2-10-23-17/h1-5,7,9-11,13H,6,8,12H2. The molecule has 0 saturated carbocycles. The van der Waals surface area contributed by atoms with E-state index in [2.05, 4.69) is 27.4 Å². The monoisotopic (exact) mass is 389 g/mol. The highest BCUT2D eigenvalue weighted by Crippen LogP contribution is 2.17. The van der Waals surface area contributed by atoms with Gasteiger partial charge in [0.2, 0.25) is 0 Å². The Morgan fingerprint density at radius 1 is 1.22 bits per heavy atom. The molecule has 3 rings (SSSR count). The number of hydrogen-bond donors (Lipinski definition) is 0. The minimum atomic E-state index is 0.0315. The van der Waals surface area contributed by atoms with E-state index in [9.17, 15) is 4.79 Å². The van der Waals surface area contributed by atoms with Crippen LogP contribution in [0, 0.1) is 0 Å². The molecule has 3 aromatic rings. The molecule has 0 aliphatic rings. The fraction of sp³-hybridized carbons (Fsp3) is 0.167. The SMILES string of the molecule is O=C(c1cccc(Br)c1)N(CCc1cccs1)Cc1ccoc1. The molecule has 2 heterocycles. The number of halogens is 1. The zero-order valence-electron chi connectivity index (χ0n) is 12.4. The van der Waals surface area contributed by atoms with Gasteiger partial charge in [0.05, 0.1) is 12.5 Å². The lowest BCUT2D eigenvalue weighted by Crippen LogP contribution is -2.32. The number of carbonyl (C=O) groups is 1. The molecule has 23 heavy (non-hydrogen) atoms. The summed E-state index contributed by atoms with van der Waals surface area (Å²) < 4.78 is 6.03. The normalized spacial score (nSPS) is 10.7. The molecule has 1 amide bonds. The Morgan fingerprint density at radius 2 is 2.13 bits per heavy atom. The molecule has 5 heteroatoms. The molecular formula is C18H16BrNO2S. The van der Waals surface area contributed by atoms with Crippen LogP contribution in [0.25, 0.3) is 0 Å². The van der Waals surface area contributed by atoms with Gasteiger partial charge in [-0.3, -0.25) is 4.79 Å². The Hall–Kier alpha value is -1.85. The Morgan fingerprint density at radius 3 is 2.83 bits per heavy atom. The summed E-state index contributed by atoms with van der Waals surface area (Å²) in [6.45, 7) is 1.23. The number of carbonyl (C=O) groups excluding carboxylic acids is 1. The molecule has 0 unspecified atom stereocenters. The molecule has 0 aliphatic carbocycles. The van der Waals surface area contributed by atoms with E-state index >= 15 is 0 Å². The summed E-state index contributed by atoms with van der Waals surface area (Å²) in [6.07, 6.45) is 4.18. The van der Waals surface area contributed by atoms with Crippen molar-refractivity contribution in [2.45, 2.75) is 13.0 Å². The van der Waals surface area contributed by atoms with E-state index in [1.807, 2.05) is 41.3 Å². The van der Waals surface area contributed by atoms with Crippen molar-refractivity contribution in [3.05, 3.63) is 80.8 Å². The molecule has 0 saturated heterocycles. The van der Waals surface area contributed by atoms with Gasteiger partial charge in [0.15, 0.2) is 0 Å². The third-order valence-corrected chi connectivity index (χ3v) is 4.95. The molecular weight excluding hydrogens is 374 g/mol. The fourth-order valence-corrected chi connectivity index (χ4v) is 3.46. The van der Waals surface area contributed by atoms with Crippen LogP contribution in [-0.4, -0.2) is 17.4 Å². The highest BCUT2D eigenvalue weighted by molar-refractivity contribution is 9.10. The maximum atomic E-state index is 12.9. The van der Waals surface area contributed by atoms with Gasteiger partial charge in [0.1, 0.15) is 0 Å². The first kappa shape index (κ1) is 16.0. The van der Waals surface area contributed by atoms with Crippen LogP contribution in [0.1, 0.15) is 20.8 Å².